The van der Waals surface area contributed by atoms with Gasteiger partial charge in [-0.25, -0.2) is 9.64 Å². The topological polar surface area (TPSA) is 43.5 Å². The number of esters is 1. The van der Waals surface area contributed by atoms with Crippen molar-refractivity contribution in [2.45, 2.75) is 0 Å². The van der Waals surface area contributed by atoms with Crippen LogP contribution in [0.5, 0.6) is 0 Å². The third-order valence-corrected chi connectivity index (χ3v) is 3.76. The number of carbonyl (C=O) groups is 1. The lowest BCUT2D eigenvalue weighted by atomic mass is 10.0. The fourth-order valence-corrected chi connectivity index (χ4v) is 2.59. The molecular weight excluding hydrogens is 312 g/mol. The zero-order valence-corrected chi connectivity index (χ0v) is 13.0. The molecule has 0 saturated heterocycles. The highest BCUT2D eigenvalue weighted by atomic mass is 35.5. The van der Waals surface area contributed by atoms with Crippen molar-refractivity contribution in [3.05, 3.63) is 70.7 Å². The van der Waals surface area contributed by atoms with E-state index in [0.29, 0.717) is 27.5 Å². The van der Waals surface area contributed by atoms with Gasteiger partial charge in [0, 0.05) is 22.2 Å². The zero-order chi connectivity index (χ0) is 16.4. The molecule has 0 aliphatic heterocycles. The zero-order valence-electron chi connectivity index (χ0n) is 12.2. The van der Waals surface area contributed by atoms with Crippen molar-refractivity contribution in [3.63, 3.8) is 0 Å². The number of fused-ring (bicyclic) bond motifs is 1. The van der Waals surface area contributed by atoms with Crippen molar-refractivity contribution in [1.29, 1.82) is 0 Å². The van der Waals surface area contributed by atoms with Crippen molar-refractivity contribution in [2.24, 2.45) is 0 Å². The second kappa shape index (κ2) is 6.07. The lowest BCUT2D eigenvalue weighted by Gasteiger charge is -2.09. The summed E-state index contributed by atoms with van der Waals surface area (Å²) in [6.45, 7) is 7.34. The van der Waals surface area contributed by atoms with Crippen LogP contribution in [0.3, 0.4) is 0 Å². The van der Waals surface area contributed by atoms with Gasteiger partial charge in [-0.1, -0.05) is 23.7 Å². The first-order chi connectivity index (χ1) is 11.1. The average Bonchev–Trinajstić information content (AvgIpc) is 2.60. The van der Waals surface area contributed by atoms with E-state index in [2.05, 4.69) is 9.83 Å². The number of aromatic nitrogens is 1. The average molecular weight is 323 g/mol. The SMILES string of the molecule is [C-]#[N+]c1cc(Cl)ccc1-c1nccc2ccc(C(=O)OC)cc12. The van der Waals surface area contributed by atoms with Gasteiger partial charge in [-0.2, -0.15) is 0 Å². The summed E-state index contributed by atoms with van der Waals surface area (Å²) in [6.07, 6.45) is 1.68. The summed E-state index contributed by atoms with van der Waals surface area (Å²) in [5, 5.41) is 2.20. The van der Waals surface area contributed by atoms with Gasteiger partial charge in [0.25, 0.3) is 0 Å². The molecule has 3 aromatic rings. The molecule has 3 rings (SSSR count). The highest BCUT2D eigenvalue weighted by Crippen LogP contribution is 2.35. The summed E-state index contributed by atoms with van der Waals surface area (Å²) in [7, 11) is 1.34. The van der Waals surface area contributed by atoms with Gasteiger partial charge >= 0.3 is 5.97 Å². The molecular formula is C18H11ClN2O2. The van der Waals surface area contributed by atoms with E-state index >= 15 is 0 Å². The summed E-state index contributed by atoms with van der Waals surface area (Å²) in [4.78, 5) is 19.7. The van der Waals surface area contributed by atoms with Gasteiger partial charge in [-0.05, 0) is 35.7 Å². The molecule has 0 amide bonds. The molecule has 112 valence electrons. The van der Waals surface area contributed by atoms with Crippen LogP contribution < -0.4 is 0 Å². The minimum absolute atomic E-state index is 0.414. The Morgan fingerprint density at radius 1 is 1.22 bits per heavy atom. The predicted octanol–water partition coefficient (Wildman–Crippen LogP) is 4.89. The van der Waals surface area contributed by atoms with E-state index in [4.69, 9.17) is 22.9 Å². The maximum atomic E-state index is 11.8. The molecule has 2 aromatic carbocycles. The summed E-state index contributed by atoms with van der Waals surface area (Å²) in [5.74, 6) is -0.414. The van der Waals surface area contributed by atoms with Crippen LogP contribution in [0.4, 0.5) is 5.69 Å². The van der Waals surface area contributed by atoms with Crippen LogP contribution in [0.25, 0.3) is 26.9 Å². The molecule has 0 radical (unpaired) electrons. The fraction of sp³-hybridized carbons (Fsp3) is 0.0556. The highest BCUT2D eigenvalue weighted by Gasteiger charge is 2.13. The summed E-state index contributed by atoms with van der Waals surface area (Å²) < 4.78 is 4.77. The first-order valence-corrected chi connectivity index (χ1v) is 7.16. The maximum absolute atomic E-state index is 11.8. The van der Waals surface area contributed by atoms with Gasteiger partial charge in [0.05, 0.1) is 24.9 Å². The standard InChI is InChI=1S/C18H11ClN2O2/c1-20-16-10-13(19)5-6-14(16)17-15-9-12(18(22)23-2)4-3-11(15)7-8-21-17/h3-10H,2H3. The van der Waals surface area contributed by atoms with Crippen LogP contribution in [-0.2, 0) is 4.74 Å². The molecule has 1 aromatic heterocycles. The van der Waals surface area contributed by atoms with Gasteiger partial charge in [0.2, 0.25) is 0 Å². The highest BCUT2D eigenvalue weighted by molar-refractivity contribution is 6.31. The number of rotatable bonds is 2. The summed E-state index contributed by atoms with van der Waals surface area (Å²) >= 11 is 5.96. The van der Waals surface area contributed by atoms with Crippen LogP contribution in [0.15, 0.2) is 48.7 Å². The van der Waals surface area contributed by atoms with Crippen LogP contribution >= 0.6 is 11.6 Å². The molecule has 0 spiro atoms. The number of carbonyl (C=O) groups excluding carboxylic acids is 1. The van der Waals surface area contributed by atoms with Crippen LogP contribution in [0.1, 0.15) is 10.4 Å². The van der Waals surface area contributed by atoms with Crippen LogP contribution in [0, 0.1) is 6.57 Å². The molecule has 4 nitrogen and oxygen atoms in total. The third-order valence-electron chi connectivity index (χ3n) is 3.52. The Labute approximate surface area is 138 Å². The van der Waals surface area contributed by atoms with E-state index in [-0.39, 0.29) is 0 Å². The number of hydrogen-bond acceptors (Lipinski definition) is 3. The van der Waals surface area contributed by atoms with E-state index < -0.39 is 5.97 Å². The second-order valence-electron chi connectivity index (χ2n) is 4.86. The molecule has 0 bridgehead atoms. The van der Waals surface area contributed by atoms with Crippen molar-refractivity contribution < 1.29 is 9.53 Å². The predicted molar refractivity (Wildman–Crippen MR) is 89.8 cm³/mol. The third kappa shape index (κ3) is 2.75. The Hall–Kier alpha value is -2.90. The number of nitrogens with zero attached hydrogens (tertiary/aromatic N) is 2. The minimum atomic E-state index is -0.414. The first kappa shape index (κ1) is 15.0. The summed E-state index contributed by atoms with van der Waals surface area (Å²) in [6, 6.07) is 12.2. The van der Waals surface area contributed by atoms with Crippen LogP contribution in [0.2, 0.25) is 5.02 Å². The molecule has 0 fully saturated rings. The monoisotopic (exact) mass is 322 g/mol. The second-order valence-corrected chi connectivity index (χ2v) is 5.30. The van der Waals surface area contributed by atoms with E-state index in [1.165, 1.54) is 7.11 Å². The number of methoxy groups -OCH3 is 1. The Kier molecular flexibility index (Phi) is 3.96. The molecule has 0 saturated carbocycles. The molecule has 23 heavy (non-hydrogen) atoms. The molecule has 0 unspecified atom stereocenters. The maximum Gasteiger partial charge on any atom is 0.337 e. The van der Waals surface area contributed by atoms with Crippen molar-refractivity contribution in [2.75, 3.05) is 7.11 Å². The molecule has 5 heteroatoms. The quantitative estimate of drug-likeness (QED) is 0.498. The lowest BCUT2D eigenvalue weighted by molar-refractivity contribution is 0.0601. The van der Waals surface area contributed by atoms with Gasteiger partial charge < -0.3 is 4.74 Å². The van der Waals surface area contributed by atoms with Gasteiger partial charge in [-0.3, -0.25) is 4.98 Å². The van der Waals surface area contributed by atoms with E-state index in [1.807, 2.05) is 12.1 Å². The fourth-order valence-electron chi connectivity index (χ4n) is 2.43. The van der Waals surface area contributed by atoms with E-state index in [9.17, 15) is 4.79 Å². The molecule has 0 atom stereocenters. The van der Waals surface area contributed by atoms with Crippen molar-refractivity contribution in [3.8, 4) is 11.3 Å². The van der Waals surface area contributed by atoms with Crippen molar-refractivity contribution >= 4 is 34.0 Å². The Morgan fingerprint density at radius 3 is 2.78 bits per heavy atom. The lowest BCUT2D eigenvalue weighted by Crippen LogP contribution is -2.01. The number of halogens is 1. The van der Waals surface area contributed by atoms with Crippen LogP contribution in [-0.4, -0.2) is 18.1 Å². The number of benzene rings is 2. The van der Waals surface area contributed by atoms with Crippen molar-refractivity contribution in [1.82, 2.24) is 4.98 Å². The first-order valence-electron chi connectivity index (χ1n) is 6.78. The molecule has 0 N–H and O–H groups in total. The molecule has 1 heterocycles. The Balaban J connectivity index is 2.30. The van der Waals surface area contributed by atoms with E-state index in [1.54, 1.807) is 36.5 Å². The number of ether oxygens (including phenoxy) is 1. The van der Waals surface area contributed by atoms with E-state index in [0.717, 1.165) is 10.8 Å². The molecule has 0 aliphatic carbocycles. The van der Waals surface area contributed by atoms with Gasteiger partial charge in [-0.15, -0.1) is 0 Å². The Bertz CT molecular complexity index is 961. The van der Waals surface area contributed by atoms with Gasteiger partial charge in [0.15, 0.2) is 5.69 Å². The molecule has 0 aliphatic rings. The smallest absolute Gasteiger partial charge is 0.337 e. The summed E-state index contributed by atoms with van der Waals surface area (Å²) in [5.41, 5.74) is 2.17. The van der Waals surface area contributed by atoms with Gasteiger partial charge in [0.1, 0.15) is 0 Å². The normalized spacial score (nSPS) is 10.3. The number of hydrogen-bond donors (Lipinski definition) is 0. The number of pyridine rings is 1. The Morgan fingerprint density at radius 2 is 2.04 bits per heavy atom. The largest absolute Gasteiger partial charge is 0.465 e. The minimum Gasteiger partial charge on any atom is -0.465 e.